The van der Waals surface area contributed by atoms with Crippen LogP contribution in [-0.2, 0) is 9.59 Å². The number of carbonyl (C=O) groups is 2. The van der Waals surface area contributed by atoms with E-state index in [0.29, 0.717) is 11.1 Å². The normalized spacial score (nSPS) is 24.6. The third-order valence-corrected chi connectivity index (χ3v) is 4.72. The van der Waals surface area contributed by atoms with E-state index < -0.39 is 0 Å². The van der Waals surface area contributed by atoms with Gasteiger partial charge < -0.3 is 10.6 Å². The maximum absolute atomic E-state index is 12.3. The van der Waals surface area contributed by atoms with Crippen LogP contribution in [0.2, 0.25) is 5.02 Å². The predicted molar refractivity (Wildman–Crippen MR) is 86.7 cm³/mol. The lowest BCUT2D eigenvalue weighted by molar-refractivity contribution is -0.128. The van der Waals surface area contributed by atoms with Gasteiger partial charge in [-0.2, -0.15) is 0 Å². The molecule has 0 heterocycles. The van der Waals surface area contributed by atoms with E-state index in [9.17, 15) is 9.59 Å². The van der Waals surface area contributed by atoms with Gasteiger partial charge in [0, 0.05) is 28.6 Å². The quantitative estimate of drug-likeness (QED) is 0.893. The first-order chi connectivity index (χ1) is 10.6. The first-order valence-corrected chi connectivity index (χ1v) is 8.36. The summed E-state index contributed by atoms with van der Waals surface area (Å²) in [6, 6.07) is 7.58. The van der Waals surface area contributed by atoms with Crippen molar-refractivity contribution < 1.29 is 9.59 Å². The Morgan fingerprint density at radius 1 is 0.955 bits per heavy atom. The number of hydrogen-bond acceptors (Lipinski definition) is 2. The minimum Gasteiger partial charge on any atom is -0.353 e. The number of carbonyl (C=O) groups excluding carboxylic acids is 2. The minimum absolute atomic E-state index is 0.0102. The topological polar surface area (TPSA) is 58.2 Å². The minimum atomic E-state index is -0.0102. The van der Waals surface area contributed by atoms with Crippen LogP contribution in [-0.4, -0.2) is 17.9 Å². The Kier molecular flexibility index (Phi) is 4.67. The zero-order valence-corrected chi connectivity index (χ0v) is 13.2. The van der Waals surface area contributed by atoms with E-state index in [1.54, 1.807) is 12.1 Å². The van der Waals surface area contributed by atoms with Crippen LogP contribution in [0.1, 0.15) is 38.5 Å². The molecule has 0 aliphatic heterocycles. The Labute approximate surface area is 135 Å². The second kappa shape index (κ2) is 6.69. The van der Waals surface area contributed by atoms with Gasteiger partial charge in [-0.1, -0.05) is 17.7 Å². The summed E-state index contributed by atoms with van der Waals surface area (Å²) in [6.45, 7) is 0. The van der Waals surface area contributed by atoms with Crippen molar-refractivity contribution in [2.75, 3.05) is 5.32 Å². The van der Waals surface area contributed by atoms with Crippen molar-refractivity contribution >= 4 is 29.1 Å². The molecule has 118 valence electrons. The van der Waals surface area contributed by atoms with Gasteiger partial charge in [0.1, 0.15) is 0 Å². The first kappa shape index (κ1) is 15.3. The summed E-state index contributed by atoms with van der Waals surface area (Å²) in [4.78, 5) is 24.3. The lowest BCUT2D eigenvalue weighted by Gasteiger charge is -2.27. The Morgan fingerprint density at radius 3 is 2.18 bits per heavy atom. The zero-order valence-electron chi connectivity index (χ0n) is 12.5. The fourth-order valence-corrected chi connectivity index (χ4v) is 3.17. The van der Waals surface area contributed by atoms with Crippen LogP contribution in [0.4, 0.5) is 5.69 Å². The molecule has 1 aromatic carbocycles. The number of halogens is 1. The fraction of sp³-hybridized carbons (Fsp3) is 0.529. The second-order valence-electron chi connectivity index (χ2n) is 6.33. The van der Waals surface area contributed by atoms with Gasteiger partial charge in [-0.3, -0.25) is 9.59 Å². The number of anilines is 1. The van der Waals surface area contributed by atoms with E-state index in [2.05, 4.69) is 10.6 Å². The molecule has 0 radical (unpaired) electrons. The van der Waals surface area contributed by atoms with E-state index in [0.717, 1.165) is 44.2 Å². The van der Waals surface area contributed by atoms with Crippen molar-refractivity contribution in [1.82, 2.24) is 5.32 Å². The standard InChI is InChI=1S/C17H21ClN2O2/c18-13-2-1-3-15(10-13)20-17(22)12-6-4-11(5-7-12)16(21)19-14-8-9-14/h1-3,10-12,14H,4-9H2,(H,19,21)(H,20,22). The van der Waals surface area contributed by atoms with Crippen molar-refractivity contribution in [3.05, 3.63) is 29.3 Å². The Bertz CT molecular complexity index is 564. The molecule has 2 aliphatic rings. The van der Waals surface area contributed by atoms with Crippen LogP contribution in [0.5, 0.6) is 0 Å². The first-order valence-electron chi connectivity index (χ1n) is 7.98. The summed E-state index contributed by atoms with van der Waals surface area (Å²) in [5.74, 6) is 0.277. The molecular formula is C17H21ClN2O2. The maximum atomic E-state index is 12.3. The summed E-state index contributed by atoms with van der Waals surface area (Å²) < 4.78 is 0. The molecular weight excluding hydrogens is 300 g/mol. The largest absolute Gasteiger partial charge is 0.353 e. The molecule has 0 spiro atoms. The zero-order chi connectivity index (χ0) is 15.5. The van der Waals surface area contributed by atoms with Crippen molar-refractivity contribution in [2.24, 2.45) is 11.8 Å². The smallest absolute Gasteiger partial charge is 0.227 e. The van der Waals surface area contributed by atoms with Gasteiger partial charge >= 0.3 is 0 Å². The molecule has 0 atom stereocenters. The van der Waals surface area contributed by atoms with Crippen LogP contribution in [0.15, 0.2) is 24.3 Å². The molecule has 3 rings (SSSR count). The number of benzene rings is 1. The van der Waals surface area contributed by atoms with Crippen LogP contribution < -0.4 is 10.6 Å². The Balaban J connectivity index is 1.48. The summed E-state index contributed by atoms with van der Waals surface area (Å²) in [5.41, 5.74) is 0.728. The molecule has 5 heteroatoms. The van der Waals surface area contributed by atoms with E-state index in [-0.39, 0.29) is 23.7 Å². The molecule has 0 saturated heterocycles. The van der Waals surface area contributed by atoms with Gasteiger partial charge in [-0.25, -0.2) is 0 Å². The number of amides is 2. The van der Waals surface area contributed by atoms with Gasteiger partial charge in [0.15, 0.2) is 0 Å². The fourth-order valence-electron chi connectivity index (χ4n) is 2.98. The molecule has 2 amide bonds. The molecule has 1 aromatic rings. The maximum Gasteiger partial charge on any atom is 0.227 e. The third kappa shape index (κ3) is 4.01. The van der Waals surface area contributed by atoms with Crippen molar-refractivity contribution in [2.45, 2.75) is 44.6 Å². The van der Waals surface area contributed by atoms with Crippen molar-refractivity contribution in [1.29, 1.82) is 0 Å². The highest BCUT2D eigenvalue weighted by atomic mass is 35.5. The number of hydrogen-bond donors (Lipinski definition) is 2. The molecule has 0 aromatic heterocycles. The second-order valence-corrected chi connectivity index (χ2v) is 6.77. The van der Waals surface area contributed by atoms with Crippen molar-refractivity contribution in [3.8, 4) is 0 Å². The van der Waals surface area contributed by atoms with Crippen LogP contribution >= 0.6 is 11.6 Å². The van der Waals surface area contributed by atoms with Crippen molar-refractivity contribution in [3.63, 3.8) is 0 Å². The summed E-state index contributed by atoms with van der Waals surface area (Å²) in [7, 11) is 0. The van der Waals surface area contributed by atoms with Gasteiger partial charge in [-0.05, 0) is 56.7 Å². The van der Waals surface area contributed by atoms with E-state index in [1.807, 2.05) is 12.1 Å². The predicted octanol–water partition coefficient (Wildman–Crippen LogP) is 3.36. The number of nitrogens with one attached hydrogen (secondary N) is 2. The number of rotatable bonds is 4. The van der Waals surface area contributed by atoms with E-state index >= 15 is 0 Å². The molecule has 0 unspecified atom stereocenters. The highest BCUT2D eigenvalue weighted by Crippen LogP contribution is 2.31. The molecule has 0 bridgehead atoms. The third-order valence-electron chi connectivity index (χ3n) is 4.48. The summed E-state index contributed by atoms with van der Waals surface area (Å²) >= 11 is 5.92. The average molecular weight is 321 g/mol. The van der Waals surface area contributed by atoms with E-state index in [1.165, 1.54) is 0 Å². The average Bonchev–Trinajstić information content (AvgIpc) is 3.31. The summed E-state index contributed by atoms with van der Waals surface area (Å²) in [6.07, 6.45) is 5.37. The molecule has 22 heavy (non-hydrogen) atoms. The molecule has 2 N–H and O–H groups in total. The summed E-state index contributed by atoms with van der Waals surface area (Å²) in [5, 5.41) is 6.58. The SMILES string of the molecule is O=C(Nc1cccc(Cl)c1)C1CCC(C(=O)NC2CC2)CC1. The van der Waals surface area contributed by atoms with Crippen LogP contribution in [0.25, 0.3) is 0 Å². The molecule has 4 nitrogen and oxygen atoms in total. The highest BCUT2D eigenvalue weighted by molar-refractivity contribution is 6.30. The van der Waals surface area contributed by atoms with Gasteiger partial charge in [-0.15, -0.1) is 0 Å². The highest BCUT2D eigenvalue weighted by Gasteiger charge is 2.32. The monoisotopic (exact) mass is 320 g/mol. The van der Waals surface area contributed by atoms with Gasteiger partial charge in [0.05, 0.1) is 0 Å². The molecule has 2 saturated carbocycles. The van der Waals surface area contributed by atoms with Crippen LogP contribution in [0.3, 0.4) is 0 Å². The van der Waals surface area contributed by atoms with Gasteiger partial charge in [0.25, 0.3) is 0 Å². The Morgan fingerprint density at radius 2 is 1.59 bits per heavy atom. The molecule has 2 fully saturated rings. The molecule has 2 aliphatic carbocycles. The van der Waals surface area contributed by atoms with Gasteiger partial charge in [0.2, 0.25) is 11.8 Å². The van der Waals surface area contributed by atoms with E-state index in [4.69, 9.17) is 11.6 Å². The Hall–Kier alpha value is -1.55. The lowest BCUT2D eigenvalue weighted by atomic mass is 9.81. The van der Waals surface area contributed by atoms with Crippen LogP contribution in [0, 0.1) is 11.8 Å². The lowest BCUT2D eigenvalue weighted by Crippen LogP contribution is -2.36.